The van der Waals surface area contributed by atoms with E-state index in [0.29, 0.717) is 16.1 Å². The zero-order chi connectivity index (χ0) is 14.7. The number of halogens is 6. The van der Waals surface area contributed by atoms with Crippen LogP contribution in [0.15, 0.2) is 30.3 Å². The molecule has 0 N–H and O–H groups in total. The summed E-state index contributed by atoms with van der Waals surface area (Å²) in [7, 11) is 0.489. The van der Waals surface area contributed by atoms with Crippen LogP contribution in [-0.4, -0.2) is 32.0 Å². The van der Waals surface area contributed by atoms with Crippen molar-refractivity contribution < 1.29 is 16.9 Å². The van der Waals surface area contributed by atoms with E-state index in [4.69, 9.17) is 0 Å². The van der Waals surface area contributed by atoms with E-state index in [0.717, 1.165) is 0 Å². The van der Waals surface area contributed by atoms with Crippen LogP contribution < -0.4 is 0 Å². The molecule has 1 unspecified atom stereocenters. The van der Waals surface area contributed by atoms with Crippen LogP contribution in [0.5, 0.6) is 0 Å². The van der Waals surface area contributed by atoms with Crippen LogP contribution in [0.1, 0.15) is 17.7 Å². The molecule has 0 radical (unpaired) electrons. The van der Waals surface area contributed by atoms with Gasteiger partial charge in [-0.15, -0.1) is 0 Å². The van der Waals surface area contributed by atoms with E-state index in [9.17, 15) is 16.9 Å². The molecule has 8 heteroatoms. The second kappa shape index (κ2) is 5.16. The molecule has 0 nitrogen and oxygen atoms in total. The maximum absolute atomic E-state index is 11.2. The van der Waals surface area contributed by atoms with Gasteiger partial charge < -0.3 is 0 Å². The van der Waals surface area contributed by atoms with Gasteiger partial charge in [-0.2, -0.15) is 0 Å². The predicted molar refractivity (Wildman–Crippen MR) is 66.5 cm³/mol. The molecule has 0 saturated carbocycles. The van der Waals surface area contributed by atoms with E-state index in [1.54, 1.807) is 0 Å². The molecule has 0 fully saturated rings. The third kappa shape index (κ3) is 14.0. The Balaban J connectivity index is 0.000000360. The van der Waals surface area contributed by atoms with E-state index >= 15 is 0 Å². The summed E-state index contributed by atoms with van der Waals surface area (Å²) >= 11 is -11.2. The van der Waals surface area contributed by atoms with Crippen LogP contribution in [0, 0.1) is 0 Å². The van der Waals surface area contributed by atoms with Crippen molar-refractivity contribution in [2.24, 2.45) is 0 Å². The van der Waals surface area contributed by atoms with Crippen molar-refractivity contribution in [2.75, 3.05) is 12.5 Å². The Labute approximate surface area is 108 Å². The second-order valence-electron chi connectivity index (χ2n) is 3.89. The van der Waals surface area contributed by atoms with Gasteiger partial charge in [0.25, 0.3) is 0 Å². The van der Waals surface area contributed by atoms with Crippen LogP contribution in [0.25, 0.3) is 0 Å². The Hall–Kier alpha value is -0.0318. The van der Waals surface area contributed by atoms with E-state index in [-0.39, 0.29) is 0 Å². The first-order chi connectivity index (χ1) is 7.66. The Morgan fingerprint density at radius 2 is 1.22 bits per heavy atom. The zero-order valence-corrected chi connectivity index (χ0v) is 13.5. The third-order valence-electron chi connectivity index (χ3n) is 1.98. The molecular weight excluding hydrogens is 388 g/mol. The van der Waals surface area contributed by atoms with Crippen molar-refractivity contribution in [3.05, 3.63) is 35.9 Å². The van der Waals surface area contributed by atoms with E-state index < -0.39 is 19.5 Å². The second-order valence-corrected chi connectivity index (χ2v) is 11.8. The van der Waals surface area contributed by atoms with Gasteiger partial charge in [-0.05, 0) is 17.8 Å². The van der Waals surface area contributed by atoms with Gasteiger partial charge in [-0.25, -0.2) is 0 Å². The molecule has 0 bridgehead atoms. The summed E-state index contributed by atoms with van der Waals surface area (Å²) in [6, 6.07) is 10.7. The molecule has 0 heterocycles. The molecule has 1 aromatic rings. The fraction of sp³-hybridized carbons (Fsp3) is 0.400. The number of hydrogen-bond acceptors (Lipinski definition) is 0. The van der Waals surface area contributed by atoms with Crippen LogP contribution in [-0.2, 0) is 10.9 Å². The van der Waals surface area contributed by atoms with Gasteiger partial charge in [0, 0.05) is 5.56 Å². The summed E-state index contributed by atoms with van der Waals surface area (Å²) in [5, 5.41) is 0.705. The summed E-state index contributed by atoms with van der Waals surface area (Å²) < 4.78 is 59.6. The minimum absolute atomic E-state index is 0.489. The molecule has 1 aromatic carbocycles. The minimum atomic E-state index is -11.2. The molecule has 0 aromatic heterocycles. The normalized spacial score (nSPS) is 17.2. The molecule has 108 valence electrons. The number of rotatable bonds is 2. The van der Waals surface area contributed by atoms with Crippen LogP contribution in [0.4, 0.5) is 16.9 Å². The first kappa shape index (κ1) is 18.0. The molecule has 0 amide bonds. The Kier molecular flexibility index (Phi) is 5.15. The first-order valence-electron chi connectivity index (χ1n) is 4.84. The average Bonchev–Trinajstić information content (AvgIpc) is 2.13. The van der Waals surface area contributed by atoms with Crippen molar-refractivity contribution in [3.63, 3.8) is 0 Å². The van der Waals surface area contributed by atoms with Crippen LogP contribution in [0.3, 0.4) is 0 Å². The summed E-state index contributed by atoms with van der Waals surface area (Å²) in [6.07, 6.45) is 4.58. The van der Waals surface area contributed by atoms with Crippen molar-refractivity contribution in [3.8, 4) is 0 Å². The molecule has 18 heavy (non-hydrogen) atoms. The summed E-state index contributed by atoms with van der Waals surface area (Å²) in [5.41, 5.74) is 1.46. The van der Waals surface area contributed by atoms with Crippen LogP contribution >= 0.6 is 0 Å². The predicted octanol–water partition coefficient (Wildman–Crippen LogP) is 4.77. The van der Waals surface area contributed by atoms with E-state index in [1.807, 2.05) is 0 Å². The molecule has 0 spiro atoms. The molecule has 0 aliphatic heterocycles. The topological polar surface area (TPSA) is 0 Å². The number of hydrogen-bond donors (Lipinski definition) is 0. The van der Waals surface area contributed by atoms with Gasteiger partial charge >= 0.3 is 36.4 Å². The van der Waals surface area contributed by atoms with Gasteiger partial charge in [0.15, 0.2) is 0 Å². The maximum atomic E-state index is 9.93. The SMILES string of the molecule is CC(c1ccccc1)[S+](C)C.[F][Sb-]([F])([F])([F])([F])[F]. The molecule has 0 saturated heterocycles. The summed E-state index contributed by atoms with van der Waals surface area (Å²) in [4.78, 5) is 0. The Morgan fingerprint density at radius 1 is 0.889 bits per heavy atom. The monoisotopic (exact) mass is 402 g/mol. The molecule has 1 rings (SSSR count). The summed E-state index contributed by atoms with van der Waals surface area (Å²) in [5.74, 6) is 0. The van der Waals surface area contributed by atoms with E-state index in [1.165, 1.54) is 5.56 Å². The van der Waals surface area contributed by atoms with Crippen molar-refractivity contribution in [2.45, 2.75) is 12.2 Å². The fourth-order valence-electron chi connectivity index (χ4n) is 0.996. The van der Waals surface area contributed by atoms with E-state index in [2.05, 4.69) is 49.8 Å². The fourth-order valence-corrected chi connectivity index (χ4v) is 1.70. The van der Waals surface area contributed by atoms with Gasteiger partial charge in [0.2, 0.25) is 0 Å². The third-order valence-corrected chi connectivity index (χ3v) is 3.66. The van der Waals surface area contributed by atoms with Crippen molar-refractivity contribution in [1.29, 1.82) is 0 Å². The molecular formula is C10H15F6SSb. The van der Waals surface area contributed by atoms with Gasteiger partial charge in [-0.3, -0.25) is 0 Å². The first-order valence-corrected chi connectivity index (χ1v) is 12.7. The standard InChI is InChI=1S/C10H15S.6FH.Sb/c1-9(11(2)3)10-7-5-4-6-8-10;;;;;;;/h4-9H,1-3H3;6*1H;/q+1;;;;;;;+5/p-6. The zero-order valence-electron chi connectivity index (χ0n) is 10.1. The van der Waals surface area contributed by atoms with Gasteiger partial charge in [-0.1, -0.05) is 30.3 Å². The Morgan fingerprint density at radius 3 is 1.50 bits per heavy atom. The van der Waals surface area contributed by atoms with Gasteiger partial charge in [0.1, 0.15) is 5.25 Å². The average molecular weight is 403 g/mol. The molecule has 0 aliphatic carbocycles. The van der Waals surface area contributed by atoms with Gasteiger partial charge in [0.05, 0.1) is 12.5 Å². The van der Waals surface area contributed by atoms with Crippen LogP contribution in [0.2, 0.25) is 0 Å². The summed E-state index contributed by atoms with van der Waals surface area (Å²) in [6.45, 7) is 2.29. The molecule has 1 atom stereocenters. The molecule has 0 aliphatic rings. The quantitative estimate of drug-likeness (QED) is 0.380. The Bertz CT molecular complexity index is 359. The van der Waals surface area contributed by atoms with Crippen molar-refractivity contribution >= 4 is 30.4 Å². The van der Waals surface area contributed by atoms with Crippen molar-refractivity contribution in [1.82, 2.24) is 0 Å². The number of benzene rings is 1.